The van der Waals surface area contributed by atoms with E-state index in [9.17, 15) is 20.0 Å². The molecule has 2 N–H and O–H groups in total. The van der Waals surface area contributed by atoms with Crippen molar-refractivity contribution in [3.8, 4) is 5.75 Å². The van der Waals surface area contributed by atoms with Crippen LogP contribution in [0, 0.1) is 21.4 Å². The molecular weight excluding hydrogens is 312 g/mol. The van der Waals surface area contributed by atoms with Crippen molar-refractivity contribution in [2.24, 2.45) is 11.3 Å². The summed E-state index contributed by atoms with van der Waals surface area (Å²) in [6, 6.07) is 3.62. The summed E-state index contributed by atoms with van der Waals surface area (Å²) in [4.78, 5) is 22.4. The minimum absolute atomic E-state index is 0.0207. The first-order valence-electron chi connectivity index (χ1n) is 8.07. The molecule has 1 aliphatic heterocycles. The quantitative estimate of drug-likeness (QED) is 0.650. The van der Waals surface area contributed by atoms with Crippen molar-refractivity contribution in [1.29, 1.82) is 0 Å². The highest BCUT2D eigenvalue weighted by atomic mass is 16.6. The summed E-state index contributed by atoms with van der Waals surface area (Å²) < 4.78 is 5.89. The van der Waals surface area contributed by atoms with Gasteiger partial charge in [-0.2, -0.15) is 0 Å². The normalized spacial score (nSPS) is 21.3. The van der Waals surface area contributed by atoms with E-state index in [0.717, 1.165) is 31.6 Å². The van der Waals surface area contributed by atoms with E-state index in [1.54, 1.807) is 0 Å². The van der Waals surface area contributed by atoms with E-state index in [0.29, 0.717) is 6.54 Å². The standard InChI is InChI=1S/C17H24N2O5/c1-17(2,3)15-12(5-4-8-24-15)10-18-16(21)11-6-7-14(20)13(9-11)19(22)23/h6-7,9,12,15,20H,4-5,8,10H2,1-3H3,(H,18,21). The van der Waals surface area contributed by atoms with Crippen LogP contribution in [-0.2, 0) is 4.74 Å². The molecule has 132 valence electrons. The molecule has 7 heteroatoms. The Morgan fingerprint density at radius 2 is 2.17 bits per heavy atom. The molecule has 0 radical (unpaired) electrons. The minimum Gasteiger partial charge on any atom is -0.502 e. The van der Waals surface area contributed by atoms with Gasteiger partial charge in [-0.05, 0) is 30.4 Å². The van der Waals surface area contributed by atoms with Crippen LogP contribution in [0.15, 0.2) is 18.2 Å². The van der Waals surface area contributed by atoms with Gasteiger partial charge in [0.25, 0.3) is 5.91 Å². The predicted molar refractivity (Wildman–Crippen MR) is 89.0 cm³/mol. The number of carbonyl (C=O) groups excluding carboxylic acids is 1. The van der Waals surface area contributed by atoms with Gasteiger partial charge in [-0.3, -0.25) is 14.9 Å². The van der Waals surface area contributed by atoms with Crippen LogP contribution in [0.5, 0.6) is 5.75 Å². The number of nitrogens with zero attached hydrogens (tertiary/aromatic N) is 1. The Morgan fingerprint density at radius 3 is 2.79 bits per heavy atom. The number of nitrogens with one attached hydrogen (secondary N) is 1. The molecule has 0 bridgehead atoms. The molecule has 0 saturated carbocycles. The molecule has 1 heterocycles. The molecule has 0 aromatic heterocycles. The maximum Gasteiger partial charge on any atom is 0.311 e. The second-order valence-electron chi connectivity index (χ2n) is 7.23. The van der Waals surface area contributed by atoms with Gasteiger partial charge in [0.15, 0.2) is 5.75 Å². The van der Waals surface area contributed by atoms with Crippen LogP contribution in [0.2, 0.25) is 0 Å². The maximum atomic E-state index is 12.3. The fourth-order valence-electron chi connectivity index (χ4n) is 3.15. The van der Waals surface area contributed by atoms with Crippen molar-refractivity contribution in [2.45, 2.75) is 39.7 Å². The molecule has 7 nitrogen and oxygen atoms in total. The Bertz CT molecular complexity index is 624. The van der Waals surface area contributed by atoms with Gasteiger partial charge in [0, 0.05) is 30.7 Å². The zero-order valence-electron chi connectivity index (χ0n) is 14.2. The highest BCUT2D eigenvalue weighted by Crippen LogP contribution is 2.33. The Balaban J connectivity index is 2.04. The van der Waals surface area contributed by atoms with Crippen LogP contribution in [0.3, 0.4) is 0 Å². The van der Waals surface area contributed by atoms with Crippen LogP contribution < -0.4 is 5.32 Å². The Hall–Kier alpha value is -2.15. The lowest BCUT2D eigenvalue weighted by atomic mass is 9.78. The zero-order valence-corrected chi connectivity index (χ0v) is 14.2. The SMILES string of the molecule is CC(C)(C)C1OCCCC1CNC(=O)c1ccc(O)c([N+](=O)[O-])c1. The number of ether oxygens (including phenoxy) is 1. The summed E-state index contributed by atoms with van der Waals surface area (Å²) >= 11 is 0. The first-order valence-corrected chi connectivity index (χ1v) is 8.07. The average molecular weight is 336 g/mol. The van der Waals surface area contributed by atoms with E-state index in [-0.39, 0.29) is 23.0 Å². The second-order valence-corrected chi connectivity index (χ2v) is 7.23. The van der Waals surface area contributed by atoms with Crippen LogP contribution in [0.4, 0.5) is 5.69 Å². The topological polar surface area (TPSA) is 102 Å². The lowest BCUT2D eigenvalue weighted by Crippen LogP contribution is -2.45. The number of rotatable bonds is 4. The largest absolute Gasteiger partial charge is 0.502 e. The van der Waals surface area contributed by atoms with Crippen molar-refractivity contribution < 1.29 is 19.6 Å². The van der Waals surface area contributed by atoms with Gasteiger partial charge in [0.2, 0.25) is 0 Å². The highest BCUT2D eigenvalue weighted by Gasteiger charge is 2.35. The number of benzene rings is 1. The predicted octanol–water partition coefficient (Wildman–Crippen LogP) is 2.87. The number of nitro benzene ring substituents is 1. The number of phenolic OH excluding ortho intramolecular Hbond substituents is 1. The Kier molecular flexibility index (Phi) is 5.43. The van der Waals surface area contributed by atoms with Crippen LogP contribution in [0.25, 0.3) is 0 Å². The third-order valence-electron chi connectivity index (χ3n) is 4.26. The summed E-state index contributed by atoms with van der Waals surface area (Å²) in [7, 11) is 0. The Morgan fingerprint density at radius 1 is 1.46 bits per heavy atom. The lowest BCUT2D eigenvalue weighted by molar-refractivity contribution is -0.385. The summed E-state index contributed by atoms with van der Waals surface area (Å²) in [6.07, 6.45) is 1.98. The average Bonchev–Trinajstić information content (AvgIpc) is 2.52. The number of aromatic hydroxyl groups is 1. The molecule has 1 saturated heterocycles. The molecular formula is C17H24N2O5. The van der Waals surface area contributed by atoms with Gasteiger partial charge >= 0.3 is 5.69 Å². The van der Waals surface area contributed by atoms with E-state index in [2.05, 4.69) is 26.1 Å². The van der Waals surface area contributed by atoms with Gasteiger partial charge in [-0.25, -0.2) is 0 Å². The molecule has 1 aromatic carbocycles. The van der Waals surface area contributed by atoms with E-state index in [1.165, 1.54) is 6.07 Å². The van der Waals surface area contributed by atoms with Gasteiger partial charge in [0.1, 0.15) is 0 Å². The third kappa shape index (κ3) is 4.23. The first kappa shape index (κ1) is 18.2. The van der Waals surface area contributed by atoms with Gasteiger partial charge in [0.05, 0.1) is 11.0 Å². The molecule has 1 aromatic rings. The molecule has 0 aliphatic carbocycles. The molecule has 2 atom stereocenters. The van der Waals surface area contributed by atoms with E-state index in [4.69, 9.17) is 4.74 Å². The number of hydrogen-bond donors (Lipinski definition) is 2. The number of carbonyl (C=O) groups is 1. The third-order valence-corrected chi connectivity index (χ3v) is 4.26. The smallest absolute Gasteiger partial charge is 0.311 e. The molecule has 1 aliphatic rings. The first-order chi connectivity index (χ1) is 11.2. The zero-order chi connectivity index (χ0) is 17.9. The Labute approximate surface area is 141 Å². The van der Waals surface area contributed by atoms with Gasteiger partial charge in [-0.1, -0.05) is 20.8 Å². The van der Waals surface area contributed by atoms with Gasteiger partial charge in [-0.15, -0.1) is 0 Å². The van der Waals surface area contributed by atoms with Crippen molar-refractivity contribution in [2.75, 3.05) is 13.2 Å². The lowest BCUT2D eigenvalue weighted by Gasteiger charge is -2.40. The highest BCUT2D eigenvalue weighted by molar-refractivity contribution is 5.95. The molecule has 2 unspecified atom stereocenters. The van der Waals surface area contributed by atoms with Crippen molar-refractivity contribution in [3.63, 3.8) is 0 Å². The summed E-state index contributed by atoms with van der Waals surface area (Å²) in [5.74, 6) is -0.642. The number of phenols is 1. The molecule has 2 rings (SSSR count). The van der Waals surface area contributed by atoms with E-state index < -0.39 is 22.3 Å². The number of hydrogen-bond acceptors (Lipinski definition) is 5. The fraction of sp³-hybridized carbons (Fsp3) is 0.588. The van der Waals surface area contributed by atoms with Crippen LogP contribution in [0.1, 0.15) is 44.0 Å². The van der Waals surface area contributed by atoms with Crippen molar-refractivity contribution in [1.82, 2.24) is 5.32 Å². The number of amides is 1. The molecule has 0 spiro atoms. The van der Waals surface area contributed by atoms with Crippen LogP contribution in [-0.4, -0.2) is 35.2 Å². The molecule has 24 heavy (non-hydrogen) atoms. The summed E-state index contributed by atoms with van der Waals surface area (Å²) in [6.45, 7) is 7.52. The van der Waals surface area contributed by atoms with E-state index >= 15 is 0 Å². The van der Waals surface area contributed by atoms with E-state index in [1.807, 2.05) is 0 Å². The molecule has 1 fully saturated rings. The number of nitro groups is 1. The van der Waals surface area contributed by atoms with Crippen molar-refractivity contribution in [3.05, 3.63) is 33.9 Å². The second kappa shape index (κ2) is 7.17. The minimum atomic E-state index is -0.712. The maximum absolute atomic E-state index is 12.3. The summed E-state index contributed by atoms with van der Waals surface area (Å²) in [5.41, 5.74) is -0.340. The molecule has 1 amide bonds. The summed E-state index contributed by atoms with van der Waals surface area (Å²) in [5, 5.41) is 23.1. The van der Waals surface area contributed by atoms with Crippen LogP contribution >= 0.6 is 0 Å². The monoisotopic (exact) mass is 336 g/mol. The van der Waals surface area contributed by atoms with Gasteiger partial charge < -0.3 is 15.2 Å². The fourth-order valence-corrected chi connectivity index (χ4v) is 3.15. The van der Waals surface area contributed by atoms with Crippen molar-refractivity contribution >= 4 is 11.6 Å².